The Balaban J connectivity index is 1.86. The van der Waals surface area contributed by atoms with Crippen LogP contribution in [0.2, 0.25) is 0 Å². The van der Waals surface area contributed by atoms with E-state index in [2.05, 4.69) is 4.72 Å². The molecule has 10 heteroatoms. The summed E-state index contributed by atoms with van der Waals surface area (Å²) in [5, 5.41) is 8.87. The molecule has 2 aromatic carbocycles. The third kappa shape index (κ3) is 3.65. The molecule has 0 radical (unpaired) electrons. The molecule has 1 fully saturated rings. The summed E-state index contributed by atoms with van der Waals surface area (Å²) < 4.78 is 52.6. The predicted molar refractivity (Wildman–Crippen MR) is 96.4 cm³/mol. The molecule has 138 valence electrons. The number of carbonyl (C=O) groups is 1. The molecule has 0 amide bonds. The molecule has 0 bridgehead atoms. The lowest BCUT2D eigenvalue weighted by atomic mass is 10.2. The molecule has 3 rings (SSSR count). The van der Waals surface area contributed by atoms with Crippen molar-refractivity contribution in [1.82, 2.24) is 0 Å². The molecule has 0 atom stereocenters. The van der Waals surface area contributed by atoms with Gasteiger partial charge in [0.15, 0.2) is 0 Å². The first-order valence-corrected chi connectivity index (χ1v) is 10.7. The molecule has 1 heterocycles. The number of aromatic carboxylic acids is 1. The van der Waals surface area contributed by atoms with Gasteiger partial charge in [0.25, 0.3) is 10.0 Å². The molecule has 26 heavy (non-hydrogen) atoms. The van der Waals surface area contributed by atoms with E-state index in [9.17, 15) is 21.6 Å². The van der Waals surface area contributed by atoms with Gasteiger partial charge in [0.1, 0.15) is 0 Å². The molecular formula is C16H16N2O6S2. The van der Waals surface area contributed by atoms with Crippen LogP contribution in [0.1, 0.15) is 16.8 Å². The second-order valence-corrected chi connectivity index (χ2v) is 9.42. The summed E-state index contributed by atoms with van der Waals surface area (Å²) in [7, 11) is -7.30. The number of carboxylic acid groups (broad SMARTS) is 1. The summed E-state index contributed by atoms with van der Waals surface area (Å²) in [5.74, 6) is -1.08. The quantitative estimate of drug-likeness (QED) is 0.794. The Bertz CT molecular complexity index is 1050. The number of hydrogen-bond acceptors (Lipinski definition) is 5. The predicted octanol–water partition coefficient (Wildman–Crippen LogP) is 1.73. The lowest BCUT2D eigenvalue weighted by Gasteiger charge is -2.18. The van der Waals surface area contributed by atoms with E-state index in [-0.39, 0.29) is 21.9 Å². The molecule has 0 unspecified atom stereocenters. The number of rotatable bonds is 5. The molecule has 0 aromatic heterocycles. The third-order valence-electron chi connectivity index (χ3n) is 3.90. The van der Waals surface area contributed by atoms with Crippen molar-refractivity contribution in [2.45, 2.75) is 11.3 Å². The van der Waals surface area contributed by atoms with Gasteiger partial charge in [-0.25, -0.2) is 21.6 Å². The van der Waals surface area contributed by atoms with Crippen LogP contribution in [0.25, 0.3) is 0 Å². The van der Waals surface area contributed by atoms with Gasteiger partial charge in [-0.1, -0.05) is 6.07 Å². The van der Waals surface area contributed by atoms with E-state index in [1.165, 1.54) is 40.7 Å². The van der Waals surface area contributed by atoms with E-state index in [1.54, 1.807) is 12.1 Å². The van der Waals surface area contributed by atoms with Gasteiger partial charge < -0.3 is 5.11 Å². The fraction of sp³-hybridized carbons (Fsp3) is 0.188. The molecular weight excluding hydrogens is 380 g/mol. The van der Waals surface area contributed by atoms with E-state index in [0.29, 0.717) is 18.7 Å². The molecule has 2 N–H and O–H groups in total. The van der Waals surface area contributed by atoms with Crippen LogP contribution in [-0.2, 0) is 20.0 Å². The van der Waals surface area contributed by atoms with Crippen LogP contribution in [0, 0.1) is 0 Å². The largest absolute Gasteiger partial charge is 0.478 e. The Hall–Kier alpha value is -2.59. The van der Waals surface area contributed by atoms with Gasteiger partial charge in [0, 0.05) is 6.54 Å². The maximum absolute atomic E-state index is 12.5. The summed E-state index contributed by atoms with van der Waals surface area (Å²) in [6.07, 6.45) is 0.522. The molecule has 2 aromatic rings. The zero-order chi connectivity index (χ0) is 18.9. The van der Waals surface area contributed by atoms with Crippen molar-refractivity contribution in [2.75, 3.05) is 21.3 Å². The van der Waals surface area contributed by atoms with Crippen LogP contribution in [0.4, 0.5) is 11.4 Å². The average molecular weight is 396 g/mol. The van der Waals surface area contributed by atoms with Crippen LogP contribution in [0.3, 0.4) is 0 Å². The molecule has 0 saturated carbocycles. The van der Waals surface area contributed by atoms with Crippen molar-refractivity contribution in [2.24, 2.45) is 0 Å². The fourth-order valence-corrected chi connectivity index (χ4v) is 5.25. The van der Waals surface area contributed by atoms with Crippen LogP contribution >= 0.6 is 0 Å². The number of anilines is 2. The Labute approximate surface area is 151 Å². The normalized spacial score (nSPS) is 16.4. The molecule has 1 aliphatic rings. The number of sulfonamides is 2. The number of hydrogen-bond donors (Lipinski definition) is 2. The highest BCUT2D eigenvalue weighted by Crippen LogP contribution is 2.27. The van der Waals surface area contributed by atoms with E-state index in [0.717, 1.165) is 0 Å². The van der Waals surface area contributed by atoms with Gasteiger partial charge in [-0.15, -0.1) is 0 Å². The number of carboxylic acids is 1. The monoisotopic (exact) mass is 396 g/mol. The molecule has 8 nitrogen and oxygen atoms in total. The van der Waals surface area contributed by atoms with Crippen molar-refractivity contribution in [3.63, 3.8) is 0 Å². The average Bonchev–Trinajstić information content (AvgIpc) is 2.94. The first-order chi connectivity index (χ1) is 12.2. The highest BCUT2D eigenvalue weighted by Gasteiger charge is 2.28. The Kier molecular flexibility index (Phi) is 4.63. The zero-order valence-corrected chi connectivity index (χ0v) is 15.1. The van der Waals surface area contributed by atoms with Gasteiger partial charge in [0.2, 0.25) is 10.0 Å². The molecule has 0 spiro atoms. The summed E-state index contributed by atoms with van der Waals surface area (Å²) in [6.45, 7) is 0.356. The van der Waals surface area contributed by atoms with Crippen molar-refractivity contribution in [3.8, 4) is 0 Å². The third-order valence-corrected chi connectivity index (χ3v) is 7.16. The SMILES string of the molecule is O=C(O)c1ccc(S(=O)(=O)Nc2cccc(N3CCCS3(=O)=O)c2)cc1. The Morgan fingerprint density at radius 2 is 1.81 bits per heavy atom. The summed E-state index contributed by atoms with van der Waals surface area (Å²) in [4.78, 5) is 10.8. The summed E-state index contributed by atoms with van der Waals surface area (Å²) >= 11 is 0. The van der Waals surface area contributed by atoms with Crippen LogP contribution in [-0.4, -0.2) is 40.2 Å². The standard InChI is InChI=1S/C16H16N2O6S2/c19-16(20)12-5-7-15(8-6-12)26(23,24)17-13-3-1-4-14(11-13)18-9-2-10-25(18,21)22/h1,3-8,11,17H,2,9-10H2,(H,19,20). The Morgan fingerprint density at radius 3 is 2.38 bits per heavy atom. The second kappa shape index (κ2) is 6.61. The highest BCUT2D eigenvalue weighted by molar-refractivity contribution is 7.93. The van der Waals surface area contributed by atoms with E-state index < -0.39 is 26.0 Å². The first kappa shape index (κ1) is 18.2. The number of benzene rings is 2. The van der Waals surface area contributed by atoms with Crippen LogP contribution in [0.15, 0.2) is 53.4 Å². The molecule has 1 aliphatic heterocycles. The number of nitrogens with zero attached hydrogens (tertiary/aromatic N) is 1. The number of nitrogens with one attached hydrogen (secondary N) is 1. The van der Waals surface area contributed by atoms with Gasteiger partial charge in [-0.2, -0.15) is 0 Å². The first-order valence-electron chi connectivity index (χ1n) is 7.66. The maximum atomic E-state index is 12.5. The maximum Gasteiger partial charge on any atom is 0.335 e. The Morgan fingerprint density at radius 1 is 1.12 bits per heavy atom. The van der Waals surface area contributed by atoms with Gasteiger partial charge in [0.05, 0.1) is 27.6 Å². The molecule has 0 aliphatic carbocycles. The zero-order valence-electron chi connectivity index (χ0n) is 13.5. The smallest absolute Gasteiger partial charge is 0.335 e. The van der Waals surface area contributed by atoms with Crippen LogP contribution in [0.5, 0.6) is 0 Å². The molecule has 1 saturated heterocycles. The van der Waals surface area contributed by atoms with Crippen molar-refractivity contribution in [1.29, 1.82) is 0 Å². The second-order valence-electron chi connectivity index (χ2n) is 5.73. The van der Waals surface area contributed by atoms with Crippen molar-refractivity contribution < 1.29 is 26.7 Å². The minimum atomic E-state index is -3.94. The van der Waals surface area contributed by atoms with E-state index in [1.807, 2.05) is 0 Å². The van der Waals surface area contributed by atoms with Gasteiger partial charge in [-0.05, 0) is 48.9 Å². The van der Waals surface area contributed by atoms with Gasteiger partial charge in [-0.3, -0.25) is 9.03 Å². The minimum Gasteiger partial charge on any atom is -0.478 e. The lowest BCUT2D eigenvalue weighted by Crippen LogP contribution is -2.25. The van der Waals surface area contributed by atoms with Gasteiger partial charge >= 0.3 is 5.97 Å². The summed E-state index contributed by atoms with van der Waals surface area (Å²) in [5.41, 5.74) is 0.584. The van der Waals surface area contributed by atoms with Crippen molar-refractivity contribution >= 4 is 37.4 Å². The topological polar surface area (TPSA) is 121 Å². The minimum absolute atomic E-state index is 0.0230. The highest BCUT2D eigenvalue weighted by atomic mass is 32.2. The fourth-order valence-electron chi connectivity index (χ4n) is 2.64. The lowest BCUT2D eigenvalue weighted by molar-refractivity contribution is 0.0696. The van der Waals surface area contributed by atoms with E-state index >= 15 is 0 Å². The van der Waals surface area contributed by atoms with Crippen molar-refractivity contribution in [3.05, 3.63) is 54.1 Å². The van der Waals surface area contributed by atoms with E-state index in [4.69, 9.17) is 5.11 Å². The van der Waals surface area contributed by atoms with Crippen LogP contribution < -0.4 is 9.03 Å². The summed E-state index contributed by atoms with van der Waals surface area (Å²) in [6, 6.07) is 10.9.